The van der Waals surface area contributed by atoms with Crippen LogP contribution in [0.5, 0.6) is 0 Å². The van der Waals surface area contributed by atoms with Gasteiger partial charge >= 0.3 is 5.69 Å². The molecule has 0 fully saturated rings. The van der Waals surface area contributed by atoms with Crippen molar-refractivity contribution in [1.82, 2.24) is 19.7 Å². The zero-order valence-electron chi connectivity index (χ0n) is 15.1. The van der Waals surface area contributed by atoms with Crippen LogP contribution in [-0.4, -0.2) is 25.7 Å². The van der Waals surface area contributed by atoms with Crippen molar-refractivity contribution in [3.63, 3.8) is 0 Å². The Bertz CT molecular complexity index is 1330. The second-order valence-electron chi connectivity index (χ2n) is 6.93. The van der Waals surface area contributed by atoms with E-state index in [9.17, 15) is 18.4 Å². The molecule has 2 aromatic carbocycles. The summed E-state index contributed by atoms with van der Waals surface area (Å²) in [4.78, 5) is 29.6. The molecule has 1 aliphatic carbocycles. The van der Waals surface area contributed by atoms with E-state index in [1.54, 1.807) is 18.2 Å². The van der Waals surface area contributed by atoms with Crippen molar-refractivity contribution in [1.29, 1.82) is 0 Å². The number of hydrogen-bond donors (Lipinski definition) is 3. The topological polar surface area (TPSA) is 95.6 Å². The van der Waals surface area contributed by atoms with Crippen LogP contribution < -0.4 is 11.0 Å². The van der Waals surface area contributed by atoms with Crippen LogP contribution >= 0.6 is 0 Å². The largest absolute Gasteiger partial charge is 0.323 e. The molecule has 0 bridgehead atoms. The maximum Gasteiger partial charge on any atom is 0.323 e. The van der Waals surface area contributed by atoms with Gasteiger partial charge in [-0.15, -0.1) is 0 Å². The Hall–Kier alpha value is -3.75. The number of carbonyl (C=O) groups is 1. The molecule has 1 aliphatic rings. The van der Waals surface area contributed by atoms with Crippen molar-refractivity contribution in [2.75, 3.05) is 5.32 Å². The van der Waals surface area contributed by atoms with Gasteiger partial charge in [-0.05, 0) is 49.6 Å². The molecule has 0 radical (unpaired) electrons. The fourth-order valence-electron chi connectivity index (χ4n) is 3.75. The lowest BCUT2D eigenvalue weighted by atomic mass is 10.2. The molecule has 2 aromatic heterocycles. The van der Waals surface area contributed by atoms with Gasteiger partial charge in [0.05, 0.1) is 16.7 Å². The Balaban J connectivity index is 1.50. The van der Waals surface area contributed by atoms with Crippen molar-refractivity contribution in [3.8, 4) is 5.69 Å². The standard InChI is InChI=1S/C20H15F2N5O2/c21-13-6-5-11(9-14(13)22)27-17-3-1-2-12(17)18(26-27)19(28)23-10-4-7-15-16(8-10)25-20(29)24-15/h4-9H,1-3H2,(H,23,28)(H2,24,25,29). The van der Waals surface area contributed by atoms with Crippen LogP contribution in [0.1, 0.15) is 28.2 Å². The van der Waals surface area contributed by atoms with E-state index in [2.05, 4.69) is 20.4 Å². The van der Waals surface area contributed by atoms with Crippen molar-refractivity contribution in [2.45, 2.75) is 19.3 Å². The minimum Gasteiger partial charge on any atom is -0.321 e. The number of H-pyrrole nitrogens is 2. The van der Waals surface area contributed by atoms with Gasteiger partial charge in [0.25, 0.3) is 5.91 Å². The highest BCUT2D eigenvalue weighted by Gasteiger charge is 2.27. The SMILES string of the molecule is O=C(Nc1ccc2[nH]c(=O)[nH]c2c1)c1nn(-c2ccc(F)c(F)c2)c2c1CCC2. The average molecular weight is 395 g/mol. The van der Waals surface area contributed by atoms with Gasteiger partial charge in [-0.25, -0.2) is 18.3 Å². The van der Waals surface area contributed by atoms with Gasteiger partial charge in [-0.1, -0.05) is 0 Å². The smallest absolute Gasteiger partial charge is 0.321 e. The fraction of sp³-hybridized carbons (Fsp3) is 0.150. The van der Waals surface area contributed by atoms with E-state index in [-0.39, 0.29) is 11.4 Å². The monoisotopic (exact) mass is 395 g/mol. The van der Waals surface area contributed by atoms with E-state index in [1.165, 1.54) is 10.7 Å². The molecule has 0 saturated carbocycles. The number of fused-ring (bicyclic) bond motifs is 2. The number of aromatic amines is 2. The van der Waals surface area contributed by atoms with Gasteiger partial charge in [0.1, 0.15) is 0 Å². The second-order valence-corrected chi connectivity index (χ2v) is 6.93. The van der Waals surface area contributed by atoms with E-state index in [0.29, 0.717) is 35.2 Å². The number of anilines is 1. The molecule has 3 N–H and O–H groups in total. The van der Waals surface area contributed by atoms with Gasteiger partial charge in [0.2, 0.25) is 0 Å². The summed E-state index contributed by atoms with van der Waals surface area (Å²) in [5.74, 6) is -2.31. The maximum absolute atomic E-state index is 13.7. The highest BCUT2D eigenvalue weighted by molar-refractivity contribution is 6.05. The number of hydrogen-bond acceptors (Lipinski definition) is 3. The summed E-state index contributed by atoms with van der Waals surface area (Å²) in [6, 6.07) is 8.56. The summed E-state index contributed by atoms with van der Waals surface area (Å²) in [6.45, 7) is 0. The molecule has 5 rings (SSSR count). The van der Waals surface area contributed by atoms with Crippen molar-refractivity contribution in [2.24, 2.45) is 0 Å². The first-order valence-corrected chi connectivity index (χ1v) is 9.09. The van der Waals surface area contributed by atoms with Gasteiger partial charge in [-0.3, -0.25) is 4.79 Å². The predicted molar refractivity (Wildman–Crippen MR) is 102 cm³/mol. The van der Waals surface area contributed by atoms with Crippen LogP contribution in [0.3, 0.4) is 0 Å². The highest BCUT2D eigenvalue weighted by atomic mass is 19.2. The fourth-order valence-corrected chi connectivity index (χ4v) is 3.75. The molecular formula is C20H15F2N5O2. The lowest BCUT2D eigenvalue weighted by Gasteiger charge is -2.06. The third-order valence-electron chi connectivity index (χ3n) is 5.07. The molecule has 2 heterocycles. The van der Waals surface area contributed by atoms with Gasteiger partial charge < -0.3 is 15.3 Å². The number of rotatable bonds is 3. The lowest BCUT2D eigenvalue weighted by Crippen LogP contribution is -2.15. The van der Waals surface area contributed by atoms with Gasteiger partial charge in [0, 0.05) is 23.0 Å². The number of halogens is 2. The number of aromatic nitrogens is 4. The zero-order valence-corrected chi connectivity index (χ0v) is 15.1. The van der Waals surface area contributed by atoms with Gasteiger partial charge in [0.15, 0.2) is 17.3 Å². The number of benzene rings is 2. The third kappa shape index (κ3) is 2.91. The Morgan fingerprint density at radius 2 is 1.86 bits per heavy atom. The number of carbonyl (C=O) groups excluding carboxylic acids is 1. The number of imidazole rings is 1. The minimum absolute atomic E-state index is 0.255. The summed E-state index contributed by atoms with van der Waals surface area (Å²) in [5, 5.41) is 7.18. The molecule has 9 heteroatoms. The molecule has 29 heavy (non-hydrogen) atoms. The van der Waals surface area contributed by atoms with Crippen LogP contribution in [0, 0.1) is 11.6 Å². The molecule has 0 saturated heterocycles. The molecular weight excluding hydrogens is 380 g/mol. The summed E-state index contributed by atoms with van der Waals surface area (Å²) < 4.78 is 28.5. The van der Waals surface area contributed by atoms with E-state index >= 15 is 0 Å². The normalized spacial score (nSPS) is 13.0. The Kier molecular flexibility index (Phi) is 3.83. The summed E-state index contributed by atoms with van der Waals surface area (Å²) in [6.07, 6.45) is 2.24. The first-order valence-electron chi connectivity index (χ1n) is 9.09. The van der Waals surface area contributed by atoms with E-state index in [1.807, 2.05) is 0 Å². The minimum atomic E-state index is -0.968. The molecule has 0 atom stereocenters. The lowest BCUT2D eigenvalue weighted by molar-refractivity contribution is 0.102. The molecule has 146 valence electrons. The van der Waals surface area contributed by atoms with E-state index in [4.69, 9.17) is 0 Å². The van der Waals surface area contributed by atoms with Crippen LogP contribution in [0.2, 0.25) is 0 Å². The Labute approximate surface area is 162 Å². The third-order valence-corrected chi connectivity index (χ3v) is 5.07. The second kappa shape index (κ2) is 6.40. The number of nitrogens with one attached hydrogen (secondary N) is 3. The number of amides is 1. The van der Waals surface area contributed by atoms with Gasteiger partial charge in [-0.2, -0.15) is 5.10 Å². The van der Waals surface area contributed by atoms with E-state index in [0.717, 1.165) is 29.8 Å². The van der Waals surface area contributed by atoms with Crippen molar-refractivity contribution < 1.29 is 13.6 Å². The van der Waals surface area contributed by atoms with Crippen LogP contribution in [0.25, 0.3) is 16.7 Å². The number of nitrogens with zero attached hydrogens (tertiary/aromatic N) is 2. The average Bonchev–Trinajstić information content (AvgIpc) is 3.37. The quantitative estimate of drug-likeness (QED) is 0.498. The zero-order chi connectivity index (χ0) is 20.1. The molecule has 0 unspecified atom stereocenters. The Morgan fingerprint density at radius 3 is 2.69 bits per heavy atom. The van der Waals surface area contributed by atoms with Crippen LogP contribution in [0.15, 0.2) is 41.2 Å². The summed E-state index contributed by atoms with van der Waals surface area (Å²) >= 11 is 0. The predicted octanol–water partition coefficient (Wildman–Crippen LogP) is 3.06. The molecule has 1 amide bonds. The van der Waals surface area contributed by atoms with Crippen molar-refractivity contribution >= 4 is 22.6 Å². The highest BCUT2D eigenvalue weighted by Crippen LogP contribution is 2.29. The molecule has 0 spiro atoms. The van der Waals surface area contributed by atoms with Crippen LogP contribution in [0.4, 0.5) is 14.5 Å². The Morgan fingerprint density at radius 1 is 1.03 bits per heavy atom. The molecule has 4 aromatic rings. The first-order chi connectivity index (χ1) is 14.0. The summed E-state index contributed by atoms with van der Waals surface area (Å²) in [5.41, 5.74) is 3.65. The molecule has 7 nitrogen and oxygen atoms in total. The molecule has 0 aliphatic heterocycles. The van der Waals surface area contributed by atoms with Crippen LogP contribution in [-0.2, 0) is 12.8 Å². The first kappa shape index (κ1) is 17.4. The maximum atomic E-state index is 13.7. The van der Waals surface area contributed by atoms with Crippen molar-refractivity contribution in [3.05, 3.63) is 75.5 Å². The van der Waals surface area contributed by atoms with E-state index < -0.39 is 17.5 Å². The summed E-state index contributed by atoms with van der Waals surface area (Å²) in [7, 11) is 0.